The van der Waals surface area contributed by atoms with Gasteiger partial charge in [-0.1, -0.05) is 24.3 Å². The number of benzene rings is 2. The number of hydrogen-bond donors (Lipinski definition) is 3. The summed E-state index contributed by atoms with van der Waals surface area (Å²) < 4.78 is 6.15. The van der Waals surface area contributed by atoms with Crippen molar-refractivity contribution in [3.63, 3.8) is 0 Å². The van der Waals surface area contributed by atoms with Gasteiger partial charge in [0.05, 0.1) is 11.7 Å². The summed E-state index contributed by atoms with van der Waals surface area (Å²) in [5, 5.41) is 22.8. The van der Waals surface area contributed by atoms with Crippen LogP contribution in [0.1, 0.15) is 39.6 Å². The average Bonchev–Trinajstić information content (AvgIpc) is 2.79. The molecule has 2 heterocycles. The molecule has 0 radical (unpaired) electrons. The molecule has 1 aliphatic rings. The molecule has 2 aromatic carbocycles. The average molecular weight is 418 g/mol. The van der Waals surface area contributed by atoms with Gasteiger partial charge in [-0.15, -0.1) is 0 Å². The predicted molar refractivity (Wildman–Crippen MR) is 118 cm³/mol. The van der Waals surface area contributed by atoms with Gasteiger partial charge < -0.3 is 20.3 Å². The van der Waals surface area contributed by atoms with Crippen molar-refractivity contribution in [2.75, 3.05) is 13.1 Å². The van der Waals surface area contributed by atoms with Crippen LogP contribution in [0, 0.1) is 6.92 Å². The largest absolute Gasteiger partial charge is 0.489 e. The Morgan fingerprint density at radius 1 is 1.23 bits per heavy atom. The lowest BCUT2D eigenvalue weighted by Gasteiger charge is -2.27. The number of aryl methyl sites for hydroxylation is 2. The van der Waals surface area contributed by atoms with E-state index >= 15 is 0 Å². The molecule has 0 amide bonds. The first-order valence-electron chi connectivity index (χ1n) is 10.4. The van der Waals surface area contributed by atoms with Crippen LogP contribution in [0.2, 0.25) is 0 Å². The van der Waals surface area contributed by atoms with Crippen LogP contribution in [-0.4, -0.2) is 40.4 Å². The van der Waals surface area contributed by atoms with Crippen LogP contribution in [0.25, 0.3) is 11.1 Å². The summed E-state index contributed by atoms with van der Waals surface area (Å²) >= 11 is 0. The van der Waals surface area contributed by atoms with E-state index in [0.29, 0.717) is 18.7 Å². The van der Waals surface area contributed by atoms with Gasteiger partial charge in [0.25, 0.3) is 0 Å². The molecule has 0 fully saturated rings. The standard InChI is InChI=1S/C25H26N2O4/c1-16-11-17(5-8-22(16)25(29)30)18-6-9-24-19(12-18)4-7-21(31-24)14-27-15-23(28)20-3-2-10-26-13-20/h2-3,5-6,8-13,21,23,27-28H,4,7,14-15H2,1H3,(H,29,30). The third-order valence-electron chi connectivity index (χ3n) is 5.66. The minimum atomic E-state index is -0.907. The second kappa shape index (κ2) is 9.29. The van der Waals surface area contributed by atoms with Crippen LogP contribution >= 0.6 is 0 Å². The van der Waals surface area contributed by atoms with Crippen molar-refractivity contribution in [2.45, 2.75) is 32.0 Å². The van der Waals surface area contributed by atoms with E-state index in [2.05, 4.69) is 16.4 Å². The number of aliphatic hydroxyl groups is 1. The highest BCUT2D eigenvalue weighted by Crippen LogP contribution is 2.32. The van der Waals surface area contributed by atoms with Gasteiger partial charge in [-0.25, -0.2) is 4.79 Å². The Bertz CT molecular complexity index is 1070. The fourth-order valence-corrected chi connectivity index (χ4v) is 3.92. The van der Waals surface area contributed by atoms with Gasteiger partial charge in [0.1, 0.15) is 11.9 Å². The molecule has 1 aromatic heterocycles. The second-order valence-electron chi connectivity index (χ2n) is 7.90. The monoisotopic (exact) mass is 418 g/mol. The predicted octanol–water partition coefficient (Wildman–Crippen LogP) is 3.77. The molecular weight excluding hydrogens is 392 g/mol. The summed E-state index contributed by atoms with van der Waals surface area (Å²) in [4.78, 5) is 15.3. The van der Waals surface area contributed by atoms with Crippen molar-refractivity contribution in [1.82, 2.24) is 10.3 Å². The smallest absolute Gasteiger partial charge is 0.335 e. The first-order valence-corrected chi connectivity index (χ1v) is 10.4. The zero-order chi connectivity index (χ0) is 21.8. The number of aliphatic hydroxyl groups excluding tert-OH is 1. The minimum absolute atomic E-state index is 0.0524. The van der Waals surface area contributed by atoms with Crippen LogP contribution in [-0.2, 0) is 6.42 Å². The van der Waals surface area contributed by atoms with Crippen molar-refractivity contribution < 1.29 is 19.7 Å². The van der Waals surface area contributed by atoms with Gasteiger partial charge in [0.15, 0.2) is 0 Å². The maximum Gasteiger partial charge on any atom is 0.335 e. The molecule has 0 bridgehead atoms. The number of hydrogen-bond acceptors (Lipinski definition) is 5. The summed E-state index contributed by atoms with van der Waals surface area (Å²) in [6.07, 6.45) is 4.62. The molecule has 160 valence electrons. The summed E-state index contributed by atoms with van der Waals surface area (Å²) in [6.45, 7) is 2.93. The van der Waals surface area contributed by atoms with Gasteiger partial charge in [0.2, 0.25) is 0 Å². The number of aromatic nitrogens is 1. The van der Waals surface area contributed by atoms with Crippen LogP contribution in [0.15, 0.2) is 60.9 Å². The number of pyridine rings is 1. The third-order valence-corrected chi connectivity index (χ3v) is 5.66. The molecule has 0 saturated carbocycles. The van der Waals surface area contributed by atoms with Crippen molar-refractivity contribution in [1.29, 1.82) is 0 Å². The Hall–Kier alpha value is -3.22. The highest BCUT2D eigenvalue weighted by atomic mass is 16.5. The third kappa shape index (κ3) is 4.93. The van der Waals surface area contributed by atoms with E-state index in [9.17, 15) is 15.0 Å². The molecule has 0 saturated heterocycles. The molecule has 1 aliphatic heterocycles. The molecule has 2 atom stereocenters. The molecule has 2 unspecified atom stereocenters. The molecular formula is C25H26N2O4. The van der Waals surface area contributed by atoms with E-state index in [1.54, 1.807) is 18.5 Å². The van der Waals surface area contributed by atoms with Gasteiger partial charge in [-0.3, -0.25) is 4.98 Å². The Labute approximate surface area is 181 Å². The number of fused-ring (bicyclic) bond motifs is 1. The first kappa shape index (κ1) is 21.0. The molecule has 31 heavy (non-hydrogen) atoms. The Balaban J connectivity index is 1.36. The number of nitrogens with zero attached hydrogens (tertiary/aromatic N) is 1. The topological polar surface area (TPSA) is 91.7 Å². The lowest BCUT2D eigenvalue weighted by molar-refractivity contribution is 0.0696. The number of carboxylic acid groups (broad SMARTS) is 1. The Morgan fingerprint density at radius 2 is 2.03 bits per heavy atom. The van der Waals surface area contributed by atoms with Crippen molar-refractivity contribution in [3.05, 3.63) is 83.2 Å². The lowest BCUT2D eigenvalue weighted by atomic mass is 9.95. The number of aromatic carboxylic acids is 1. The Kier molecular flexibility index (Phi) is 6.30. The van der Waals surface area contributed by atoms with Gasteiger partial charge in [-0.05, 0) is 66.3 Å². The van der Waals surface area contributed by atoms with E-state index in [0.717, 1.165) is 46.4 Å². The summed E-state index contributed by atoms with van der Waals surface area (Å²) in [5.41, 5.74) is 5.08. The number of rotatable bonds is 7. The molecule has 3 aromatic rings. The van der Waals surface area contributed by atoms with Gasteiger partial charge in [-0.2, -0.15) is 0 Å². The van der Waals surface area contributed by atoms with E-state index < -0.39 is 12.1 Å². The SMILES string of the molecule is Cc1cc(-c2ccc3c(c2)CCC(CNCC(O)c2cccnc2)O3)ccc1C(=O)O. The molecule has 6 heteroatoms. The maximum atomic E-state index is 11.2. The Morgan fingerprint density at radius 3 is 2.77 bits per heavy atom. The van der Waals surface area contributed by atoms with Crippen LogP contribution in [0.4, 0.5) is 0 Å². The van der Waals surface area contributed by atoms with Crippen molar-refractivity contribution in [3.8, 4) is 16.9 Å². The second-order valence-corrected chi connectivity index (χ2v) is 7.90. The maximum absolute atomic E-state index is 11.2. The van der Waals surface area contributed by atoms with Gasteiger partial charge >= 0.3 is 5.97 Å². The van der Waals surface area contributed by atoms with Gasteiger partial charge in [0, 0.05) is 31.0 Å². The van der Waals surface area contributed by atoms with E-state index in [1.165, 1.54) is 0 Å². The van der Waals surface area contributed by atoms with Crippen molar-refractivity contribution in [2.24, 2.45) is 0 Å². The molecule has 4 rings (SSSR count). The normalized spacial score (nSPS) is 16.3. The number of carbonyl (C=O) groups is 1. The summed E-state index contributed by atoms with van der Waals surface area (Å²) in [7, 11) is 0. The fourth-order valence-electron chi connectivity index (χ4n) is 3.92. The van der Waals surface area contributed by atoms with E-state index in [4.69, 9.17) is 4.74 Å². The van der Waals surface area contributed by atoms with Crippen LogP contribution < -0.4 is 10.1 Å². The minimum Gasteiger partial charge on any atom is -0.489 e. The zero-order valence-corrected chi connectivity index (χ0v) is 17.4. The molecule has 0 spiro atoms. The quantitative estimate of drug-likeness (QED) is 0.541. The van der Waals surface area contributed by atoms with Crippen LogP contribution in [0.5, 0.6) is 5.75 Å². The molecule has 3 N–H and O–H groups in total. The zero-order valence-electron chi connectivity index (χ0n) is 17.4. The number of ether oxygens (including phenoxy) is 1. The van der Waals surface area contributed by atoms with E-state index in [1.807, 2.05) is 43.3 Å². The summed E-state index contributed by atoms with van der Waals surface area (Å²) in [5.74, 6) is -0.0241. The van der Waals surface area contributed by atoms with Crippen LogP contribution in [0.3, 0.4) is 0 Å². The fraction of sp³-hybridized carbons (Fsp3) is 0.280. The van der Waals surface area contributed by atoms with E-state index in [-0.39, 0.29) is 6.10 Å². The first-order chi connectivity index (χ1) is 15.0. The number of carboxylic acids is 1. The lowest BCUT2D eigenvalue weighted by Crippen LogP contribution is -2.36. The molecule has 0 aliphatic carbocycles. The van der Waals surface area contributed by atoms with Crippen molar-refractivity contribution >= 4 is 5.97 Å². The summed E-state index contributed by atoms with van der Waals surface area (Å²) in [6, 6.07) is 15.2. The number of nitrogens with one attached hydrogen (secondary N) is 1. The highest BCUT2D eigenvalue weighted by molar-refractivity contribution is 5.90. The highest BCUT2D eigenvalue weighted by Gasteiger charge is 2.20. The molecule has 6 nitrogen and oxygen atoms in total.